The third-order valence-corrected chi connectivity index (χ3v) is 7.77. The Hall–Kier alpha value is -2.57. The maximum Gasteiger partial charge on any atom is 0.264 e. The van der Waals surface area contributed by atoms with Crippen molar-refractivity contribution in [3.05, 3.63) is 98.2 Å². The summed E-state index contributed by atoms with van der Waals surface area (Å²) in [6.45, 7) is 4.07. The second kappa shape index (κ2) is 10.4. The highest BCUT2D eigenvalue weighted by Crippen LogP contribution is 2.27. The Morgan fingerprint density at radius 3 is 2.38 bits per heavy atom. The van der Waals surface area contributed by atoms with Gasteiger partial charge in [0.15, 0.2) is 0 Å². The number of fused-ring (bicyclic) bond motifs is 1. The zero-order valence-electron chi connectivity index (χ0n) is 18.5. The topological polar surface area (TPSA) is 32.8 Å². The van der Waals surface area contributed by atoms with E-state index < -0.39 is 0 Å². The van der Waals surface area contributed by atoms with Gasteiger partial charge in [-0.2, -0.15) is 0 Å². The molecular weight excluding hydrogens is 487 g/mol. The highest BCUT2D eigenvalue weighted by molar-refractivity contribution is 7.12. The van der Waals surface area contributed by atoms with Gasteiger partial charge < -0.3 is 9.64 Å². The molecule has 0 bridgehead atoms. The van der Waals surface area contributed by atoms with Crippen LogP contribution in [0.2, 0.25) is 10.0 Å². The second-order valence-corrected chi connectivity index (χ2v) is 10.1. The number of benzene rings is 3. The van der Waals surface area contributed by atoms with E-state index in [-0.39, 0.29) is 5.91 Å². The van der Waals surface area contributed by atoms with Gasteiger partial charge in [-0.25, -0.2) is 0 Å². The summed E-state index contributed by atoms with van der Waals surface area (Å²) < 4.78 is 5.98. The molecule has 34 heavy (non-hydrogen) atoms. The highest BCUT2D eigenvalue weighted by Gasteiger charge is 2.24. The lowest BCUT2D eigenvalue weighted by Crippen LogP contribution is -2.48. The highest BCUT2D eigenvalue weighted by atomic mass is 35.5. The Bertz CT molecular complexity index is 1290. The predicted octanol–water partition coefficient (Wildman–Crippen LogP) is 6.75. The maximum atomic E-state index is 13.0. The Labute approximate surface area is 213 Å². The number of hydrogen-bond donors (Lipinski definition) is 0. The first-order valence-electron chi connectivity index (χ1n) is 11.2. The molecular formula is C27H24Cl2N2O2S. The minimum absolute atomic E-state index is 0.0809. The lowest BCUT2D eigenvalue weighted by Gasteiger charge is -2.34. The number of carbonyl (C=O) groups is 1. The van der Waals surface area contributed by atoms with Crippen LogP contribution in [0.5, 0.6) is 5.75 Å². The van der Waals surface area contributed by atoms with Crippen LogP contribution in [0, 0.1) is 0 Å². The average Bonchev–Trinajstić information content (AvgIpc) is 3.34. The largest absolute Gasteiger partial charge is 0.489 e. The number of carbonyl (C=O) groups excluding carboxylic acids is 1. The van der Waals surface area contributed by atoms with Gasteiger partial charge in [0.1, 0.15) is 12.4 Å². The van der Waals surface area contributed by atoms with Crippen molar-refractivity contribution < 1.29 is 9.53 Å². The van der Waals surface area contributed by atoms with Crippen molar-refractivity contribution in [3.8, 4) is 5.75 Å². The smallest absolute Gasteiger partial charge is 0.264 e. The molecule has 3 aromatic carbocycles. The maximum absolute atomic E-state index is 13.0. The normalized spacial score (nSPS) is 14.5. The summed E-state index contributed by atoms with van der Waals surface area (Å²) in [4.78, 5) is 18.0. The monoisotopic (exact) mass is 510 g/mol. The van der Waals surface area contributed by atoms with Crippen molar-refractivity contribution in [1.29, 1.82) is 0 Å². The van der Waals surface area contributed by atoms with Crippen molar-refractivity contribution >= 4 is 51.2 Å². The van der Waals surface area contributed by atoms with Gasteiger partial charge in [0, 0.05) is 53.9 Å². The SMILES string of the molecule is O=C(c1cc(COc2ccc3ccccc3c2)cs1)N1CCN(Cc2c(Cl)cccc2Cl)CC1. The molecule has 1 aliphatic heterocycles. The van der Waals surface area contributed by atoms with E-state index in [0.717, 1.165) is 40.2 Å². The van der Waals surface area contributed by atoms with E-state index in [1.54, 1.807) is 0 Å². The van der Waals surface area contributed by atoms with Crippen LogP contribution in [0.1, 0.15) is 20.8 Å². The molecule has 0 saturated carbocycles. The van der Waals surface area contributed by atoms with E-state index >= 15 is 0 Å². The zero-order chi connectivity index (χ0) is 23.5. The number of rotatable bonds is 6. The summed E-state index contributed by atoms with van der Waals surface area (Å²) >= 11 is 14.1. The molecule has 2 heterocycles. The van der Waals surface area contributed by atoms with Crippen molar-refractivity contribution in [2.75, 3.05) is 26.2 Å². The Balaban J connectivity index is 1.15. The van der Waals surface area contributed by atoms with Gasteiger partial charge in [-0.3, -0.25) is 9.69 Å². The Morgan fingerprint density at radius 2 is 1.62 bits per heavy atom. The lowest BCUT2D eigenvalue weighted by atomic mass is 10.1. The fourth-order valence-corrected chi connectivity index (χ4v) is 5.54. The van der Waals surface area contributed by atoms with Gasteiger partial charge in [-0.15, -0.1) is 11.3 Å². The first-order valence-corrected chi connectivity index (χ1v) is 12.8. The minimum atomic E-state index is 0.0809. The summed E-state index contributed by atoms with van der Waals surface area (Å²) in [5, 5.41) is 5.71. The quantitative estimate of drug-likeness (QED) is 0.287. The molecule has 1 fully saturated rings. The van der Waals surface area contributed by atoms with Crippen LogP contribution in [0.15, 0.2) is 72.1 Å². The summed E-state index contributed by atoms with van der Waals surface area (Å²) in [6, 6.07) is 21.8. The number of thiophene rings is 1. The van der Waals surface area contributed by atoms with Crippen LogP contribution >= 0.6 is 34.5 Å². The van der Waals surface area contributed by atoms with E-state index in [2.05, 4.69) is 23.1 Å². The predicted molar refractivity (Wildman–Crippen MR) is 140 cm³/mol. The molecule has 1 aliphatic rings. The first kappa shape index (κ1) is 23.2. The number of ether oxygens (including phenoxy) is 1. The molecule has 0 atom stereocenters. The molecule has 4 nitrogen and oxygen atoms in total. The van der Waals surface area contributed by atoms with Gasteiger partial charge in [0.2, 0.25) is 0 Å². The van der Waals surface area contributed by atoms with Crippen molar-refractivity contribution in [1.82, 2.24) is 9.80 Å². The van der Waals surface area contributed by atoms with Gasteiger partial charge >= 0.3 is 0 Å². The van der Waals surface area contributed by atoms with E-state index in [4.69, 9.17) is 27.9 Å². The van der Waals surface area contributed by atoms with Crippen LogP contribution in [0.4, 0.5) is 0 Å². The van der Waals surface area contributed by atoms with Crippen molar-refractivity contribution in [2.24, 2.45) is 0 Å². The fraction of sp³-hybridized carbons (Fsp3) is 0.222. The molecule has 0 spiro atoms. The summed E-state index contributed by atoms with van der Waals surface area (Å²) in [5.74, 6) is 0.907. The molecule has 7 heteroatoms. The van der Waals surface area contributed by atoms with E-state index in [9.17, 15) is 4.79 Å². The molecule has 1 amide bonds. The number of nitrogens with zero attached hydrogens (tertiary/aromatic N) is 2. The number of hydrogen-bond acceptors (Lipinski definition) is 4. The summed E-state index contributed by atoms with van der Waals surface area (Å²) in [7, 11) is 0. The third-order valence-electron chi connectivity index (χ3n) is 6.09. The number of halogens is 2. The molecule has 174 valence electrons. The van der Waals surface area contributed by atoms with Crippen LogP contribution in [-0.2, 0) is 13.2 Å². The summed E-state index contributed by atoms with van der Waals surface area (Å²) in [6.07, 6.45) is 0. The molecule has 0 unspecified atom stereocenters. The van der Waals surface area contributed by atoms with Crippen LogP contribution < -0.4 is 4.74 Å². The van der Waals surface area contributed by atoms with Gasteiger partial charge in [-0.1, -0.05) is 59.6 Å². The van der Waals surface area contributed by atoms with E-state index in [1.807, 2.05) is 58.8 Å². The molecule has 0 aliphatic carbocycles. The van der Waals surface area contributed by atoms with E-state index in [1.165, 1.54) is 16.7 Å². The van der Waals surface area contributed by atoms with Crippen LogP contribution in [0.3, 0.4) is 0 Å². The van der Waals surface area contributed by atoms with Crippen LogP contribution in [0.25, 0.3) is 10.8 Å². The second-order valence-electron chi connectivity index (χ2n) is 8.39. The minimum Gasteiger partial charge on any atom is -0.489 e. The molecule has 0 radical (unpaired) electrons. The zero-order valence-corrected chi connectivity index (χ0v) is 20.9. The Morgan fingerprint density at radius 1 is 0.882 bits per heavy atom. The number of amides is 1. The number of piperazine rings is 1. The molecule has 0 N–H and O–H groups in total. The first-order chi connectivity index (χ1) is 16.6. The van der Waals surface area contributed by atoms with Crippen molar-refractivity contribution in [2.45, 2.75) is 13.2 Å². The lowest BCUT2D eigenvalue weighted by molar-refractivity contribution is 0.0633. The van der Waals surface area contributed by atoms with Crippen molar-refractivity contribution in [3.63, 3.8) is 0 Å². The van der Waals surface area contributed by atoms with Gasteiger partial charge in [0.25, 0.3) is 5.91 Å². The van der Waals surface area contributed by atoms with Gasteiger partial charge in [-0.05, 0) is 46.5 Å². The standard InChI is InChI=1S/C27H24Cl2N2O2S/c28-24-6-3-7-25(29)23(24)16-30-10-12-31(13-11-30)27(32)26-14-19(18-34-26)17-33-22-9-8-20-4-1-2-5-21(20)15-22/h1-9,14-15,18H,10-13,16-17H2. The summed E-state index contributed by atoms with van der Waals surface area (Å²) in [5.41, 5.74) is 1.95. The fourth-order valence-electron chi connectivity index (χ4n) is 4.16. The Kier molecular flexibility index (Phi) is 7.07. The van der Waals surface area contributed by atoms with Gasteiger partial charge in [0.05, 0.1) is 4.88 Å². The molecule has 5 rings (SSSR count). The van der Waals surface area contributed by atoms with Crippen LogP contribution in [-0.4, -0.2) is 41.9 Å². The third kappa shape index (κ3) is 5.23. The molecule has 1 aromatic heterocycles. The average molecular weight is 511 g/mol. The molecule has 1 saturated heterocycles. The molecule has 4 aromatic rings. The van der Waals surface area contributed by atoms with E-state index in [0.29, 0.717) is 36.3 Å².